The van der Waals surface area contributed by atoms with E-state index in [0.717, 1.165) is 11.1 Å². The fourth-order valence-corrected chi connectivity index (χ4v) is 3.70. The normalized spacial score (nSPS) is 15.7. The molecule has 1 heterocycles. The zero-order valence-electron chi connectivity index (χ0n) is 19.2. The number of carbonyl (C=O) groups is 2. The maximum Gasteiger partial charge on any atom is 0.337 e. The molecule has 0 spiro atoms. The molecule has 32 heavy (non-hydrogen) atoms. The summed E-state index contributed by atoms with van der Waals surface area (Å²) in [5.41, 5.74) is 5.05. The van der Waals surface area contributed by atoms with Crippen LogP contribution in [0.1, 0.15) is 48.6 Å². The van der Waals surface area contributed by atoms with Gasteiger partial charge in [0.15, 0.2) is 11.5 Å². The molecule has 2 N–H and O–H groups in total. The summed E-state index contributed by atoms with van der Waals surface area (Å²) in [5, 5.41) is 5.52. The Bertz CT molecular complexity index is 1040. The number of methoxy groups -OCH3 is 1. The number of benzene rings is 2. The average molecular weight is 439 g/mol. The van der Waals surface area contributed by atoms with Crippen molar-refractivity contribution in [3.63, 3.8) is 0 Å². The molecule has 7 nitrogen and oxygen atoms in total. The zero-order chi connectivity index (χ0) is 23.3. The van der Waals surface area contributed by atoms with E-state index >= 15 is 0 Å². The smallest absolute Gasteiger partial charge is 0.337 e. The molecule has 3 rings (SSSR count). The van der Waals surface area contributed by atoms with Crippen LogP contribution in [0, 0.1) is 13.8 Å². The number of carbonyl (C=O) groups excluding carboxylic acids is 2. The molecule has 0 radical (unpaired) electrons. The van der Waals surface area contributed by atoms with E-state index in [-0.39, 0.29) is 6.03 Å². The van der Waals surface area contributed by atoms with Gasteiger partial charge in [-0.25, -0.2) is 9.59 Å². The first-order valence-corrected chi connectivity index (χ1v) is 10.7. The van der Waals surface area contributed by atoms with E-state index in [2.05, 4.69) is 35.8 Å². The molecule has 0 fully saturated rings. The van der Waals surface area contributed by atoms with Crippen LogP contribution in [0.5, 0.6) is 11.5 Å². The molecule has 7 heteroatoms. The average Bonchev–Trinajstić information content (AvgIpc) is 2.79. The Kier molecular flexibility index (Phi) is 7.41. The number of esters is 1. The van der Waals surface area contributed by atoms with Crippen LogP contribution in [-0.2, 0) is 16.1 Å². The van der Waals surface area contributed by atoms with Crippen LogP contribution >= 0.6 is 0 Å². The van der Waals surface area contributed by atoms with Crippen LogP contribution < -0.4 is 20.1 Å². The molecule has 1 aliphatic heterocycles. The van der Waals surface area contributed by atoms with Gasteiger partial charge in [-0.15, -0.1) is 0 Å². The van der Waals surface area contributed by atoms with E-state index in [1.807, 2.05) is 26.8 Å². The van der Waals surface area contributed by atoms with Crippen molar-refractivity contribution in [2.24, 2.45) is 0 Å². The Labute approximate surface area is 188 Å². The molecule has 1 aliphatic rings. The summed E-state index contributed by atoms with van der Waals surface area (Å²) in [6, 6.07) is 10.7. The zero-order valence-corrected chi connectivity index (χ0v) is 19.2. The minimum absolute atomic E-state index is 0.368. The molecule has 0 aliphatic carbocycles. The summed E-state index contributed by atoms with van der Waals surface area (Å²) >= 11 is 0. The monoisotopic (exact) mass is 438 g/mol. The molecule has 0 aromatic heterocycles. The summed E-state index contributed by atoms with van der Waals surface area (Å²) in [7, 11) is 1.33. The van der Waals surface area contributed by atoms with Crippen LogP contribution in [0.4, 0.5) is 4.79 Å². The molecule has 2 aromatic rings. The van der Waals surface area contributed by atoms with E-state index < -0.39 is 12.0 Å². The Morgan fingerprint density at radius 2 is 1.81 bits per heavy atom. The summed E-state index contributed by atoms with van der Waals surface area (Å²) in [5.74, 6) is 0.647. The molecule has 2 aromatic carbocycles. The predicted octanol–water partition coefficient (Wildman–Crippen LogP) is 4.47. The number of nitrogens with one attached hydrogen (secondary N) is 2. The third-order valence-corrected chi connectivity index (χ3v) is 5.40. The highest BCUT2D eigenvalue weighted by Gasteiger charge is 2.33. The van der Waals surface area contributed by atoms with Crippen molar-refractivity contribution in [1.82, 2.24) is 10.6 Å². The van der Waals surface area contributed by atoms with Crippen molar-refractivity contribution >= 4 is 12.0 Å². The minimum atomic E-state index is -0.654. The van der Waals surface area contributed by atoms with Crippen LogP contribution in [0.2, 0.25) is 0 Å². The van der Waals surface area contributed by atoms with Gasteiger partial charge < -0.3 is 24.8 Å². The third-order valence-electron chi connectivity index (χ3n) is 5.40. The summed E-state index contributed by atoms with van der Waals surface area (Å²) in [4.78, 5) is 24.7. The molecule has 0 saturated heterocycles. The van der Waals surface area contributed by atoms with Crippen molar-refractivity contribution in [3.05, 3.63) is 69.9 Å². The number of amides is 2. The van der Waals surface area contributed by atoms with Gasteiger partial charge in [-0.2, -0.15) is 0 Å². The molecular weight excluding hydrogens is 408 g/mol. The Balaban J connectivity index is 1.94. The molecule has 1 unspecified atom stereocenters. The molecule has 170 valence electrons. The van der Waals surface area contributed by atoms with Gasteiger partial charge in [0.25, 0.3) is 0 Å². The lowest BCUT2D eigenvalue weighted by molar-refractivity contribution is -0.136. The van der Waals surface area contributed by atoms with Crippen LogP contribution in [-0.4, -0.2) is 25.7 Å². The highest BCUT2D eigenvalue weighted by Crippen LogP contribution is 2.35. The Hall–Kier alpha value is -3.48. The van der Waals surface area contributed by atoms with Crippen molar-refractivity contribution < 1.29 is 23.8 Å². The molecule has 0 bridgehead atoms. The van der Waals surface area contributed by atoms with Crippen molar-refractivity contribution in [2.45, 2.75) is 46.8 Å². The van der Waals surface area contributed by atoms with Crippen molar-refractivity contribution in [1.29, 1.82) is 0 Å². The highest BCUT2D eigenvalue weighted by atomic mass is 16.5. The maximum absolute atomic E-state index is 12.5. The van der Waals surface area contributed by atoms with Crippen molar-refractivity contribution in [3.8, 4) is 11.5 Å². The van der Waals surface area contributed by atoms with Crippen LogP contribution in [0.25, 0.3) is 0 Å². The standard InChI is InChI=1S/C25H30N2O5/c1-6-19-22(24(28)30-5)23(27-25(29)26-19)17-10-11-20(21(13-17)31-7-2)32-14-18-12-15(3)8-9-16(18)4/h8-13,23H,6-7,14H2,1-5H3,(H2,26,27,29). The quantitative estimate of drug-likeness (QED) is 0.594. The number of urea groups is 1. The number of ether oxygens (including phenoxy) is 3. The van der Waals surface area contributed by atoms with Gasteiger partial charge in [0, 0.05) is 5.70 Å². The van der Waals surface area contributed by atoms with E-state index in [0.29, 0.717) is 48.0 Å². The van der Waals surface area contributed by atoms with Crippen LogP contribution in [0.15, 0.2) is 47.7 Å². The topological polar surface area (TPSA) is 85.9 Å². The van der Waals surface area contributed by atoms with Gasteiger partial charge in [-0.05, 0) is 56.0 Å². The first-order valence-electron chi connectivity index (χ1n) is 10.7. The first kappa shape index (κ1) is 23.2. The van der Waals surface area contributed by atoms with E-state index in [4.69, 9.17) is 14.2 Å². The first-order chi connectivity index (χ1) is 15.4. The number of hydrogen-bond acceptors (Lipinski definition) is 5. The van der Waals surface area contributed by atoms with E-state index in [1.165, 1.54) is 12.7 Å². The molecular formula is C25H30N2O5. The van der Waals surface area contributed by atoms with E-state index in [9.17, 15) is 9.59 Å². The largest absolute Gasteiger partial charge is 0.490 e. The second-order valence-corrected chi connectivity index (χ2v) is 7.63. The van der Waals surface area contributed by atoms with Gasteiger partial charge >= 0.3 is 12.0 Å². The lowest BCUT2D eigenvalue weighted by atomic mass is 9.94. The van der Waals surface area contributed by atoms with Gasteiger partial charge in [-0.1, -0.05) is 36.8 Å². The van der Waals surface area contributed by atoms with Crippen molar-refractivity contribution in [2.75, 3.05) is 13.7 Å². The SMILES string of the molecule is CCOc1cc(C2NC(=O)NC(CC)=C2C(=O)OC)ccc1OCc1cc(C)ccc1C. The lowest BCUT2D eigenvalue weighted by Gasteiger charge is -2.29. The second kappa shape index (κ2) is 10.2. The number of allylic oxidation sites excluding steroid dienone is 1. The molecule has 1 atom stereocenters. The summed E-state index contributed by atoms with van der Waals surface area (Å²) in [6.45, 7) is 8.72. The lowest BCUT2D eigenvalue weighted by Crippen LogP contribution is -2.45. The van der Waals surface area contributed by atoms with Crippen LogP contribution in [0.3, 0.4) is 0 Å². The van der Waals surface area contributed by atoms with E-state index in [1.54, 1.807) is 12.1 Å². The van der Waals surface area contributed by atoms with Gasteiger partial charge in [0.2, 0.25) is 0 Å². The van der Waals surface area contributed by atoms with Gasteiger partial charge in [0.05, 0.1) is 25.3 Å². The van der Waals surface area contributed by atoms with Gasteiger partial charge in [-0.3, -0.25) is 0 Å². The summed E-state index contributed by atoms with van der Waals surface area (Å²) in [6.07, 6.45) is 0.490. The fourth-order valence-electron chi connectivity index (χ4n) is 3.70. The Morgan fingerprint density at radius 1 is 1.03 bits per heavy atom. The number of aryl methyl sites for hydroxylation is 2. The number of rotatable bonds is 8. The fraction of sp³-hybridized carbons (Fsp3) is 0.360. The molecule has 0 saturated carbocycles. The highest BCUT2D eigenvalue weighted by molar-refractivity contribution is 5.95. The predicted molar refractivity (Wildman–Crippen MR) is 122 cm³/mol. The number of hydrogen-bond donors (Lipinski definition) is 2. The maximum atomic E-state index is 12.5. The molecule has 2 amide bonds. The minimum Gasteiger partial charge on any atom is -0.490 e. The second-order valence-electron chi connectivity index (χ2n) is 7.63. The summed E-state index contributed by atoms with van der Waals surface area (Å²) < 4.78 is 16.9. The Morgan fingerprint density at radius 3 is 2.50 bits per heavy atom. The third kappa shape index (κ3) is 5.04. The van der Waals surface area contributed by atoms with Gasteiger partial charge in [0.1, 0.15) is 6.61 Å².